The summed E-state index contributed by atoms with van der Waals surface area (Å²) < 4.78 is 55.5. The quantitative estimate of drug-likeness (QED) is 0.112. The number of nitrogens with two attached hydrogens (primary N) is 1. The number of hydrogen-bond donors (Lipinski definition) is 6. The zero-order chi connectivity index (χ0) is 54.6. The van der Waals surface area contributed by atoms with E-state index >= 15 is 4.39 Å². The van der Waals surface area contributed by atoms with Crippen molar-refractivity contribution in [3.05, 3.63) is 47.7 Å². The van der Waals surface area contributed by atoms with Crippen molar-refractivity contribution in [1.29, 1.82) is 0 Å². The molecule has 3 aliphatic rings. The molecular weight excluding hydrogens is 978 g/mol. The van der Waals surface area contributed by atoms with Gasteiger partial charge >= 0.3 is 5.97 Å². The number of anilines is 1. The smallest absolute Gasteiger partial charge is 0.311 e. The molecule has 3 fully saturated rings. The Hall–Kier alpha value is -3.29. The molecule has 0 spiro atoms. The first-order valence-electron chi connectivity index (χ1n) is 26.3. The Morgan fingerprint density at radius 2 is 1.74 bits per heavy atom. The zero-order valence-corrected chi connectivity index (χ0v) is 46.6. The monoisotopic (exact) mass is 1060 g/mol. The lowest BCUT2D eigenvalue weighted by atomic mass is 9.77. The summed E-state index contributed by atoms with van der Waals surface area (Å²) in [5.41, 5.74) is 3.18. The summed E-state index contributed by atoms with van der Waals surface area (Å²) in [5.74, 6) is -2.98. The Kier molecular flexibility index (Phi) is 20.3. The number of hydrogen-bond acceptors (Lipinski definition) is 19. The van der Waals surface area contributed by atoms with Crippen LogP contribution in [0.1, 0.15) is 119 Å². The van der Waals surface area contributed by atoms with Gasteiger partial charge in [0.25, 0.3) is 0 Å². The van der Waals surface area contributed by atoms with E-state index in [4.69, 9.17) is 34.2 Å². The molecule has 3 aromatic rings. The number of ether oxygens (including phenoxy) is 6. The van der Waals surface area contributed by atoms with Gasteiger partial charge in [0, 0.05) is 75.4 Å². The minimum atomic E-state index is -1.82. The summed E-state index contributed by atoms with van der Waals surface area (Å²) in [4.78, 5) is 23.3. The number of likely N-dealkylation sites (N-methyl/N-ethyl adjacent to an activating group) is 2. The molecule has 19 nitrogen and oxygen atoms in total. The molecule has 74 heavy (non-hydrogen) atoms. The predicted molar refractivity (Wildman–Crippen MR) is 277 cm³/mol. The Balaban J connectivity index is 1.22. The molecule has 2 aromatic heterocycles. The lowest BCUT2D eigenvalue weighted by Gasteiger charge is -2.48. The Morgan fingerprint density at radius 1 is 1.03 bits per heavy atom. The molecule has 0 aliphatic carbocycles. The van der Waals surface area contributed by atoms with Crippen molar-refractivity contribution >= 4 is 22.4 Å². The van der Waals surface area contributed by atoms with Crippen LogP contribution < -0.4 is 5.73 Å². The summed E-state index contributed by atoms with van der Waals surface area (Å²) in [6, 6.07) is 3.94. The maximum atomic E-state index is 15.2. The van der Waals surface area contributed by atoms with Gasteiger partial charge in [0.1, 0.15) is 29.7 Å². The number of rotatable bonds is 15. The minimum absolute atomic E-state index is 0.0127. The molecule has 5 heterocycles. The third-order valence-corrected chi connectivity index (χ3v) is 17.0. The number of esters is 1. The number of thiazole rings is 1. The van der Waals surface area contributed by atoms with Crippen molar-refractivity contribution in [2.45, 2.75) is 204 Å². The first kappa shape index (κ1) is 59.9. The van der Waals surface area contributed by atoms with E-state index in [-0.39, 0.29) is 43.9 Å². The van der Waals surface area contributed by atoms with Crippen LogP contribution in [0.4, 0.5) is 9.52 Å². The SMILES string of the molecule is CC[C@H]1OC(=O)[C@H](C)[C@@H](O[C@H]2C[C@@](C)(OC)[C@@H](O)[C@H](C)O2)[C@H](C)[C@@H](O[C@H]2C[C@@H](N(C)CCc3cn([C@H](CO)Cc4ccc(-c5cnc(N)s5)c(F)c4)nn3)C[C@@H](C)O2)[C@](C)(O)C[C@@H](C)CN(C)[C@H](C)[C@@H](O)[C@]1(C)O. The molecule has 0 radical (unpaired) electrons. The number of aliphatic hydroxyl groups is 5. The van der Waals surface area contributed by atoms with Crippen LogP contribution in [0.15, 0.2) is 30.6 Å². The first-order chi connectivity index (χ1) is 34.7. The van der Waals surface area contributed by atoms with Crippen LogP contribution in [0.5, 0.6) is 0 Å². The third kappa shape index (κ3) is 14.1. The van der Waals surface area contributed by atoms with Gasteiger partial charge in [0.15, 0.2) is 17.7 Å². The largest absolute Gasteiger partial charge is 0.459 e. The van der Waals surface area contributed by atoms with Gasteiger partial charge in [0.2, 0.25) is 0 Å². The van der Waals surface area contributed by atoms with E-state index in [9.17, 15) is 30.3 Å². The van der Waals surface area contributed by atoms with E-state index in [2.05, 4.69) is 20.2 Å². The molecule has 418 valence electrons. The number of halogens is 1. The number of nitrogen functional groups attached to an aromatic ring is 1. The topological polar surface area (TPSA) is 250 Å². The molecule has 7 N–H and O–H groups in total. The standard InChI is InChI=1S/C53H86FN7O12S/c1-14-42-53(10,67)46(63)33(6)60(12)26-29(2)23-51(8,66)48(31(4)45(32(5)49(65)71-42)72-44-24-52(9,68-13)47(64)34(7)70-44)73-43-22-37(19-30(3)69-43)59(11)18-17-36-27-61(58-57-36)38(28-62)20-35-15-16-39(40(54)21-35)41-25-56-50(55)74-41/h15-16,21,25,27,29-34,37-38,42-48,62-64,66-67H,14,17-20,22-24,26,28H2,1-13H3,(H2,55,56)/t29-,30-,31+,32-,33-,34+,37+,38+,42-,43+,44+,45+,46-,47+,48-,51-,52-,53-/m1/s1. The van der Waals surface area contributed by atoms with E-state index in [1.807, 2.05) is 59.0 Å². The third-order valence-electron chi connectivity index (χ3n) is 16.2. The zero-order valence-electron chi connectivity index (χ0n) is 45.8. The van der Waals surface area contributed by atoms with Gasteiger partial charge < -0.3 is 69.5 Å². The van der Waals surface area contributed by atoms with Gasteiger partial charge in [0.05, 0.1) is 64.8 Å². The lowest BCUT2D eigenvalue weighted by molar-refractivity contribution is -0.308. The maximum absolute atomic E-state index is 15.2. The molecule has 1 aromatic carbocycles. The number of benzene rings is 1. The highest BCUT2D eigenvalue weighted by Crippen LogP contribution is 2.40. The normalized spacial score (nSPS) is 37.8. The predicted octanol–water partition coefficient (Wildman–Crippen LogP) is 4.76. The van der Waals surface area contributed by atoms with Crippen molar-refractivity contribution in [3.63, 3.8) is 0 Å². The minimum Gasteiger partial charge on any atom is -0.459 e. The van der Waals surface area contributed by atoms with Crippen LogP contribution in [0, 0.1) is 23.6 Å². The highest BCUT2D eigenvalue weighted by atomic mass is 32.1. The van der Waals surface area contributed by atoms with E-state index in [1.165, 1.54) is 31.4 Å². The number of nitrogens with zero attached hydrogens (tertiary/aromatic N) is 6. The molecule has 3 aliphatic heterocycles. The molecule has 0 amide bonds. The summed E-state index contributed by atoms with van der Waals surface area (Å²) in [6.07, 6.45) is -2.04. The fraction of sp³-hybridized carbons (Fsp3) is 0.774. The van der Waals surface area contributed by atoms with Gasteiger partial charge in [-0.05, 0) is 106 Å². The maximum Gasteiger partial charge on any atom is 0.311 e. The van der Waals surface area contributed by atoms with Crippen LogP contribution in [0.25, 0.3) is 10.4 Å². The average molecular weight is 1060 g/mol. The Bertz CT molecular complexity index is 2270. The number of carbonyl (C=O) groups is 1. The number of cyclic esters (lactones) is 1. The molecule has 21 heteroatoms. The summed E-state index contributed by atoms with van der Waals surface area (Å²) >= 11 is 1.21. The lowest BCUT2D eigenvalue weighted by Crippen LogP contribution is -2.59. The Labute approximate surface area is 440 Å². The Morgan fingerprint density at radius 3 is 2.38 bits per heavy atom. The molecule has 3 saturated heterocycles. The van der Waals surface area contributed by atoms with Gasteiger partial charge in [-0.2, -0.15) is 0 Å². The van der Waals surface area contributed by atoms with E-state index < -0.39 is 102 Å². The number of carbonyl (C=O) groups excluding carboxylic acids is 1. The van der Waals surface area contributed by atoms with Gasteiger partial charge in [-0.1, -0.05) is 49.5 Å². The molecule has 0 saturated carbocycles. The second-order valence-electron chi connectivity index (χ2n) is 22.4. The van der Waals surface area contributed by atoms with E-state index in [0.29, 0.717) is 59.9 Å². The molecule has 18 atom stereocenters. The fourth-order valence-electron chi connectivity index (χ4n) is 11.5. The van der Waals surface area contributed by atoms with E-state index in [0.717, 1.165) is 5.69 Å². The van der Waals surface area contributed by atoms with Crippen LogP contribution in [0.3, 0.4) is 0 Å². The van der Waals surface area contributed by atoms with Crippen molar-refractivity contribution in [1.82, 2.24) is 29.8 Å². The number of methoxy groups -OCH3 is 1. The second kappa shape index (κ2) is 25.0. The molecule has 0 bridgehead atoms. The number of aromatic nitrogens is 4. The van der Waals surface area contributed by atoms with Crippen LogP contribution >= 0.6 is 11.3 Å². The van der Waals surface area contributed by atoms with Crippen molar-refractivity contribution in [2.75, 3.05) is 46.6 Å². The molecule has 6 rings (SSSR count). The highest BCUT2D eigenvalue weighted by molar-refractivity contribution is 7.18. The summed E-state index contributed by atoms with van der Waals surface area (Å²) in [6.45, 7) is 18.7. The van der Waals surface area contributed by atoms with E-state index in [1.54, 1.807) is 51.6 Å². The van der Waals surface area contributed by atoms with Crippen LogP contribution in [-0.2, 0) is 46.1 Å². The van der Waals surface area contributed by atoms with Crippen LogP contribution in [-0.4, -0.2) is 186 Å². The average Bonchev–Trinajstić information content (AvgIpc) is 4.01. The highest BCUT2D eigenvalue weighted by Gasteiger charge is 2.52. The second-order valence-corrected chi connectivity index (χ2v) is 23.5. The number of aliphatic hydroxyl groups excluding tert-OH is 3. The van der Waals surface area contributed by atoms with Gasteiger partial charge in [-0.25, -0.2) is 14.1 Å². The summed E-state index contributed by atoms with van der Waals surface area (Å²) in [7, 11) is 5.40. The van der Waals surface area contributed by atoms with Crippen molar-refractivity contribution in [3.8, 4) is 10.4 Å². The van der Waals surface area contributed by atoms with Crippen LogP contribution in [0.2, 0.25) is 0 Å². The van der Waals surface area contributed by atoms with Crippen molar-refractivity contribution < 1.29 is 63.1 Å². The molecule has 0 unspecified atom stereocenters. The first-order valence-corrected chi connectivity index (χ1v) is 27.1. The van der Waals surface area contributed by atoms with Gasteiger partial charge in [-0.15, -0.1) is 5.10 Å². The van der Waals surface area contributed by atoms with Crippen molar-refractivity contribution in [2.24, 2.45) is 17.8 Å². The molecular formula is C53H86FN7O12S. The van der Waals surface area contributed by atoms with Gasteiger partial charge in [-0.3, -0.25) is 4.79 Å². The fourth-order valence-corrected chi connectivity index (χ4v) is 12.2. The summed E-state index contributed by atoms with van der Waals surface area (Å²) in [5, 5.41) is 67.0.